The van der Waals surface area contributed by atoms with Crippen molar-refractivity contribution >= 4 is 22.6 Å². The lowest BCUT2D eigenvalue weighted by molar-refractivity contribution is -0.129. The van der Waals surface area contributed by atoms with E-state index in [1.807, 2.05) is 38.1 Å². The van der Waals surface area contributed by atoms with Crippen molar-refractivity contribution in [3.05, 3.63) is 36.0 Å². The van der Waals surface area contributed by atoms with Crippen molar-refractivity contribution in [2.45, 2.75) is 20.3 Å². The Morgan fingerprint density at radius 3 is 2.53 bits per heavy atom. The molecule has 0 saturated heterocycles. The minimum absolute atomic E-state index is 0.0659. The van der Waals surface area contributed by atoms with Gasteiger partial charge in [0.25, 0.3) is 0 Å². The number of fused-ring (bicyclic) bond motifs is 1. The summed E-state index contributed by atoms with van der Waals surface area (Å²) in [7, 11) is 0. The van der Waals surface area contributed by atoms with Crippen molar-refractivity contribution in [2.75, 3.05) is 13.1 Å². The number of ketones is 1. The zero-order valence-corrected chi connectivity index (χ0v) is 11.3. The molecule has 2 aromatic rings. The molecule has 0 aliphatic carbocycles. The number of nitrogens with zero attached hydrogens (tertiary/aromatic N) is 1. The number of aromatic amines is 1. The Labute approximate surface area is 112 Å². The van der Waals surface area contributed by atoms with Crippen LogP contribution >= 0.6 is 0 Å². The van der Waals surface area contributed by atoms with Gasteiger partial charge in [0.15, 0.2) is 5.78 Å². The maximum Gasteiger partial charge on any atom is 0.230 e. The van der Waals surface area contributed by atoms with Gasteiger partial charge in [-0.1, -0.05) is 18.2 Å². The topological polar surface area (TPSA) is 53.2 Å². The summed E-state index contributed by atoms with van der Waals surface area (Å²) >= 11 is 0. The van der Waals surface area contributed by atoms with E-state index in [1.165, 1.54) is 0 Å². The first-order valence-corrected chi connectivity index (χ1v) is 6.54. The smallest absolute Gasteiger partial charge is 0.230 e. The molecule has 1 amide bonds. The van der Waals surface area contributed by atoms with Gasteiger partial charge < -0.3 is 9.88 Å². The molecule has 0 aliphatic rings. The highest BCUT2D eigenvalue weighted by Gasteiger charge is 2.18. The van der Waals surface area contributed by atoms with E-state index in [4.69, 9.17) is 0 Å². The number of amides is 1. The summed E-state index contributed by atoms with van der Waals surface area (Å²) in [5.74, 6) is -0.241. The molecule has 100 valence electrons. The van der Waals surface area contributed by atoms with Gasteiger partial charge in [0.05, 0.1) is 6.42 Å². The molecule has 4 nitrogen and oxygen atoms in total. The van der Waals surface area contributed by atoms with Crippen LogP contribution in [0.15, 0.2) is 30.5 Å². The average Bonchev–Trinajstić information content (AvgIpc) is 2.84. The van der Waals surface area contributed by atoms with Gasteiger partial charge in [-0.25, -0.2) is 0 Å². The van der Waals surface area contributed by atoms with Crippen molar-refractivity contribution in [3.63, 3.8) is 0 Å². The monoisotopic (exact) mass is 258 g/mol. The van der Waals surface area contributed by atoms with E-state index in [9.17, 15) is 9.59 Å². The second-order valence-corrected chi connectivity index (χ2v) is 4.41. The van der Waals surface area contributed by atoms with Gasteiger partial charge in [-0.2, -0.15) is 0 Å². The van der Waals surface area contributed by atoms with Crippen LogP contribution in [-0.2, 0) is 4.79 Å². The highest BCUT2D eigenvalue weighted by molar-refractivity contribution is 6.14. The van der Waals surface area contributed by atoms with Crippen LogP contribution in [0.25, 0.3) is 10.9 Å². The number of nitrogens with one attached hydrogen (secondary N) is 1. The van der Waals surface area contributed by atoms with Crippen LogP contribution < -0.4 is 0 Å². The van der Waals surface area contributed by atoms with E-state index in [-0.39, 0.29) is 18.1 Å². The number of H-pyrrole nitrogens is 1. The number of benzene rings is 1. The maximum absolute atomic E-state index is 12.2. The Bertz CT molecular complexity index is 597. The van der Waals surface area contributed by atoms with Gasteiger partial charge in [-0.15, -0.1) is 0 Å². The van der Waals surface area contributed by atoms with Gasteiger partial charge in [-0.3, -0.25) is 9.59 Å². The minimum atomic E-state index is -0.130. The second kappa shape index (κ2) is 5.69. The zero-order chi connectivity index (χ0) is 13.8. The Morgan fingerprint density at radius 1 is 1.16 bits per heavy atom. The minimum Gasteiger partial charge on any atom is -0.360 e. The summed E-state index contributed by atoms with van der Waals surface area (Å²) in [6.45, 7) is 5.10. The number of carbonyl (C=O) groups is 2. The van der Waals surface area contributed by atoms with Gasteiger partial charge in [0.2, 0.25) is 5.91 Å². The van der Waals surface area contributed by atoms with Gasteiger partial charge in [0.1, 0.15) is 0 Å². The molecular weight excluding hydrogens is 240 g/mol. The summed E-state index contributed by atoms with van der Waals surface area (Å²) in [6.07, 6.45) is 1.62. The number of hydrogen-bond acceptors (Lipinski definition) is 2. The molecule has 0 aliphatic heterocycles. The fourth-order valence-corrected chi connectivity index (χ4v) is 2.22. The van der Waals surface area contributed by atoms with E-state index in [2.05, 4.69) is 4.98 Å². The van der Waals surface area contributed by atoms with Gasteiger partial charge in [-0.05, 0) is 19.9 Å². The predicted molar refractivity (Wildman–Crippen MR) is 75.2 cm³/mol. The second-order valence-electron chi connectivity index (χ2n) is 4.41. The zero-order valence-electron chi connectivity index (χ0n) is 11.3. The Hall–Kier alpha value is -2.10. The van der Waals surface area contributed by atoms with Crippen LogP contribution in [-0.4, -0.2) is 34.7 Å². The number of aromatic nitrogens is 1. The lowest BCUT2D eigenvalue weighted by Gasteiger charge is -2.17. The molecule has 0 unspecified atom stereocenters. The van der Waals surface area contributed by atoms with E-state index >= 15 is 0 Å². The first kappa shape index (κ1) is 13.3. The Kier molecular flexibility index (Phi) is 4.00. The van der Waals surface area contributed by atoms with Crippen LogP contribution in [0.4, 0.5) is 0 Å². The van der Waals surface area contributed by atoms with E-state index in [0.717, 1.165) is 10.9 Å². The lowest BCUT2D eigenvalue weighted by Crippen LogP contribution is -2.31. The Morgan fingerprint density at radius 2 is 1.84 bits per heavy atom. The average molecular weight is 258 g/mol. The lowest BCUT2D eigenvalue weighted by atomic mass is 10.1. The van der Waals surface area contributed by atoms with Gasteiger partial charge in [0, 0.05) is 35.8 Å². The van der Waals surface area contributed by atoms with Crippen LogP contribution in [0.3, 0.4) is 0 Å². The third-order valence-corrected chi connectivity index (χ3v) is 3.32. The molecule has 1 aromatic heterocycles. The van der Waals surface area contributed by atoms with Crippen molar-refractivity contribution in [2.24, 2.45) is 0 Å². The third-order valence-electron chi connectivity index (χ3n) is 3.32. The number of para-hydroxylation sites is 1. The predicted octanol–water partition coefficient (Wildman–Crippen LogP) is 2.61. The largest absolute Gasteiger partial charge is 0.360 e. The number of rotatable bonds is 5. The summed E-state index contributed by atoms with van der Waals surface area (Å²) in [4.78, 5) is 28.9. The maximum atomic E-state index is 12.2. The molecule has 0 fully saturated rings. The molecular formula is C15H18N2O2. The van der Waals surface area contributed by atoms with Crippen LogP contribution in [0.1, 0.15) is 30.6 Å². The van der Waals surface area contributed by atoms with Gasteiger partial charge >= 0.3 is 0 Å². The molecule has 1 aromatic carbocycles. The molecule has 2 rings (SSSR count). The van der Waals surface area contributed by atoms with Crippen molar-refractivity contribution < 1.29 is 9.59 Å². The first-order chi connectivity index (χ1) is 9.17. The number of hydrogen-bond donors (Lipinski definition) is 1. The van der Waals surface area contributed by atoms with Crippen LogP contribution in [0, 0.1) is 0 Å². The van der Waals surface area contributed by atoms with Crippen molar-refractivity contribution in [1.82, 2.24) is 9.88 Å². The van der Waals surface area contributed by atoms with Crippen molar-refractivity contribution in [3.8, 4) is 0 Å². The van der Waals surface area contributed by atoms with E-state index in [1.54, 1.807) is 11.1 Å². The molecule has 1 heterocycles. The number of Topliss-reactive ketones (excluding diaryl/α,β-unsaturated/α-hetero) is 1. The third kappa shape index (κ3) is 2.67. The molecule has 0 radical (unpaired) electrons. The van der Waals surface area contributed by atoms with E-state index in [0.29, 0.717) is 18.7 Å². The highest BCUT2D eigenvalue weighted by atomic mass is 16.2. The Balaban J connectivity index is 2.18. The summed E-state index contributed by atoms with van der Waals surface area (Å²) in [5, 5.41) is 0.875. The molecule has 0 saturated carbocycles. The molecule has 0 spiro atoms. The normalized spacial score (nSPS) is 10.6. The molecule has 1 N–H and O–H groups in total. The van der Waals surface area contributed by atoms with Crippen molar-refractivity contribution in [1.29, 1.82) is 0 Å². The summed E-state index contributed by atoms with van der Waals surface area (Å²) in [5.41, 5.74) is 1.51. The number of carbonyl (C=O) groups excluding carboxylic acids is 2. The van der Waals surface area contributed by atoms with Crippen LogP contribution in [0.2, 0.25) is 0 Å². The highest BCUT2D eigenvalue weighted by Crippen LogP contribution is 2.19. The fourth-order valence-electron chi connectivity index (χ4n) is 2.22. The fraction of sp³-hybridized carbons (Fsp3) is 0.333. The standard InChI is InChI=1S/C15H18N2O2/c1-3-17(4-2)15(19)9-14(18)12-10-16-13-8-6-5-7-11(12)13/h5-8,10,16H,3-4,9H2,1-2H3. The quantitative estimate of drug-likeness (QED) is 0.662. The molecule has 0 bridgehead atoms. The molecule has 19 heavy (non-hydrogen) atoms. The van der Waals surface area contributed by atoms with E-state index < -0.39 is 0 Å². The SMILES string of the molecule is CCN(CC)C(=O)CC(=O)c1c[nH]c2ccccc12. The summed E-state index contributed by atoms with van der Waals surface area (Å²) < 4.78 is 0. The first-order valence-electron chi connectivity index (χ1n) is 6.54. The molecule has 0 atom stereocenters. The molecule has 4 heteroatoms. The van der Waals surface area contributed by atoms with Crippen LogP contribution in [0.5, 0.6) is 0 Å². The summed E-state index contributed by atoms with van der Waals surface area (Å²) in [6, 6.07) is 7.60.